The van der Waals surface area contributed by atoms with Crippen LogP contribution < -0.4 is 0 Å². The molecule has 0 spiro atoms. The molecule has 1 fully saturated rings. The molecular formula is C5H12P2Y2. The van der Waals surface area contributed by atoms with E-state index in [1.165, 1.54) is 14.7 Å². The number of hydrogen-bond donors (Lipinski definition) is 0. The molecule has 0 N–H and O–H groups in total. The summed E-state index contributed by atoms with van der Waals surface area (Å²) in [6.45, 7) is 4.83. The molecule has 0 saturated carbocycles. The fourth-order valence-corrected chi connectivity index (χ4v) is 5.55. The summed E-state index contributed by atoms with van der Waals surface area (Å²) < 4.78 is 0. The summed E-state index contributed by atoms with van der Waals surface area (Å²) in [7, 11) is 1.78. The van der Waals surface area contributed by atoms with Gasteiger partial charge in [-0.05, 0) is 24.4 Å². The molecule has 2 radical (unpaired) electrons. The molecule has 0 nitrogen and oxygen atoms in total. The van der Waals surface area contributed by atoms with Gasteiger partial charge in [-0.1, -0.05) is 6.92 Å². The Hall–Kier alpha value is 3.07. The van der Waals surface area contributed by atoms with Crippen molar-refractivity contribution < 1.29 is 65.4 Å². The minimum absolute atomic E-state index is 0. The fraction of sp³-hybridized carbons (Fsp3) is 1.00. The van der Waals surface area contributed by atoms with E-state index in [1.807, 2.05) is 0 Å². The Balaban J connectivity index is 0. The molecule has 1 rings (SSSR count). The molecule has 1 aliphatic rings. The van der Waals surface area contributed by atoms with Crippen molar-refractivity contribution >= 4 is 16.5 Å². The van der Waals surface area contributed by atoms with Gasteiger partial charge in [-0.3, -0.25) is 0 Å². The molecule has 3 atom stereocenters. The third-order valence-electron chi connectivity index (χ3n) is 1.57. The summed E-state index contributed by atoms with van der Waals surface area (Å²) in [5, 5.41) is 1.11. The van der Waals surface area contributed by atoms with Crippen molar-refractivity contribution in [3.63, 3.8) is 0 Å². The second kappa shape index (κ2) is 7.70. The molecule has 0 amide bonds. The van der Waals surface area contributed by atoms with Crippen LogP contribution in [-0.4, -0.2) is 24.4 Å². The monoisotopic (exact) mass is 312 g/mol. The van der Waals surface area contributed by atoms with E-state index in [0.717, 1.165) is 5.40 Å². The average molecular weight is 312 g/mol. The minimum atomic E-state index is 0. The summed E-state index contributed by atoms with van der Waals surface area (Å²) in [5.74, 6) is 0. The standard InChI is InChI=1S/C5H12P2.2Y/c1-5-6-3-4-7(5)2;;/h5-6H,3-4H2,1-2H3;;. The van der Waals surface area contributed by atoms with Crippen molar-refractivity contribution in [3.05, 3.63) is 0 Å². The van der Waals surface area contributed by atoms with Crippen LogP contribution in [0.1, 0.15) is 6.92 Å². The molecule has 3 unspecified atom stereocenters. The normalized spacial score (nSPS) is 35.3. The van der Waals surface area contributed by atoms with E-state index in [4.69, 9.17) is 0 Å². The van der Waals surface area contributed by atoms with E-state index in [-0.39, 0.29) is 65.4 Å². The van der Waals surface area contributed by atoms with Crippen LogP contribution in [0.4, 0.5) is 0 Å². The van der Waals surface area contributed by atoms with E-state index < -0.39 is 0 Å². The molecule has 0 aromatic carbocycles. The Kier molecular flexibility index (Phi) is 12.5. The first kappa shape index (κ1) is 14.6. The van der Waals surface area contributed by atoms with Crippen LogP contribution in [0.3, 0.4) is 0 Å². The predicted molar refractivity (Wildman–Crippen MR) is 40.4 cm³/mol. The summed E-state index contributed by atoms with van der Waals surface area (Å²) in [6.07, 6.45) is 3.08. The Morgan fingerprint density at radius 2 is 2.00 bits per heavy atom. The second-order valence-electron chi connectivity index (χ2n) is 2.11. The topological polar surface area (TPSA) is 0 Å². The van der Waals surface area contributed by atoms with Gasteiger partial charge >= 0.3 is 0 Å². The molecular weight excluding hydrogens is 300 g/mol. The molecule has 0 aromatic rings. The molecule has 4 heteroatoms. The quantitative estimate of drug-likeness (QED) is 0.601. The second-order valence-corrected chi connectivity index (χ2v) is 7.11. The van der Waals surface area contributed by atoms with Gasteiger partial charge in [-0.2, -0.15) is 0 Å². The van der Waals surface area contributed by atoms with E-state index in [1.54, 1.807) is 6.16 Å². The molecule has 9 heavy (non-hydrogen) atoms. The number of hydrogen-bond acceptors (Lipinski definition) is 0. The van der Waals surface area contributed by atoms with Gasteiger partial charge in [0.2, 0.25) is 0 Å². The van der Waals surface area contributed by atoms with Gasteiger partial charge in [0.05, 0.1) is 0 Å². The van der Waals surface area contributed by atoms with Crippen molar-refractivity contribution in [2.75, 3.05) is 19.0 Å². The van der Waals surface area contributed by atoms with Gasteiger partial charge in [0, 0.05) is 65.4 Å². The maximum Gasteiger partial charge on any atom is 0 e. The van der Waals surface area contributed by atoms with Gasteiger partial charge in [0.25, 0.3) is 0 Å². The fourth-order valence-electron chi connectivity index (χ4n) is 0.799. The zero-order valence-electron chi connectivity index (χ0n) is 6.09. The molecule has 0 bridgehead atoms. The maximum atomic E-state index is 2.43. The third-order valence-corrected chi connectivity index (χ3v) is 7.24. The van der Waals surface area contributed by atoms with Crippen molar-refractivity contribution in [3.8, 4) is 0 Å². The maximum absolute atomic E-state index is 2.43. The van der Waals surface area contributed by atoms with Crippen molar-refractivity contribution in [2.45, 2.75) is 12.3 Å². The van der Waals surface area contributed by atoms with Gasteiger partial charge < -0.3 is 0 Å². The molecule has 0 aliphatic carbocycles. The van der Waals surface area contributed by atoms with Crippen LogP contribution in [-0.2, 0) is 65.4 Å². The van der Waals surface area contributed by atoms with Crippen LogP contribution in [0.2, 0.25) is 0 Å². The third kappa shape index (κ3) is 5.33. The Bertz CT molecular complexity index is 62.0. The summed E-state index contributed by atoms with van der Waals surface area (Å²) in [4.78, 5) is 0. The summed E-state index contributed by atoms with van der Waals surface area (Å²) in [6, 6.07) is 0. The molecule has 48 valence electrons. The Morgan fingerprint density at radius 1 is 1.44 bits per heavy atom. The average Bonchev–Trinajstić information content (AvgIpc) is 1.91. The molecule has 0 aromatic heterocycles. The van der Waals surface area contributed by atoms with Crippen LogP contribution in [0.15, 0.2) is 0 Å². The Morgan fingerprint density at radius 3 is 2.11 bits per heavy atom. The van der Waals surface area contributed by atoms with Crippen LogP contribution in [0, 0.1) is 0 Å². The summed E-state index contributed by atoms with van der Waals surface area (Å²) >= 11 is 0. The first-order chi connectivity index (χ1) is 3.30. The minimum Gasteiger partial charge on any atom is -0.114 e. The van der Waals surface area contributed by atoms with Crippen molar-refractivity contribution in [1.82, 2.24) is 0 Å². The first-order valence-electron chi connectivity index (χ1n) is 2.74. The van der Waals surface area contributed by atoms with Gasteiger partial charge in [0.1, 0.15) is 0 Å². The summed E-state index contributed by atoms with van der Waals surface area (Å²) in [5.41, 5.74) is 0. The SMILES string of the molecule is CC1PCCP1C.[Y].[Y]. The Labute approximate surface area is 111 Å². The van der Waals surface area contributed by atoms with Gasteiger partial charge in [-0.15, -0.1) is 16.5 Å². The van der Waals surface area contributed by atoms with Crippen LogP contribution >= 0.6 is 16.5 Å². The van der Waals surface area contributed by atoms with Crippen LogP contribution in [0.5, 0.6) is 0 Å². The van der Waals surface area contributed by atoms with E-state index >= 15 is 0 Å². The zero-order valence-corrected chi connectivity index (χ0v) is 13.7. The van der Waals surface area contributed by atoms with E-state index in [0.29, 0.717) is 7.92 Å². The van der Waals surface area contributed by atoms with Crippen molar-refractivity contribution in [2.24, 2.45) is 0 Å². The van der Waals surface area contributed by atoms with E-state index in [9.17, 15) is 0 Å². The molecule has 1 saturated heterocycles. The molecule has 1 heterocycles. The van der Waals surface area contributed by atoms with Crippen molar-refractivity contribution in [1.29, 1.82) is 0 Å². The zero-order chi connectivity index (χ0) is 5.28. The molecule has 1 aliphatic heterocycles. The van der Waals surface area contributed by atoms with E-state index in [2.05, 4.69) is 13.6 Å². The predicted octanol–water partition coefficient (Wildman–Crippen LogP) is 2.13. The number of rotatable bonds is 0. The van der Waals surface area contributed by atoms with Crippen LogP contribution in [0.25, 0.3) is 0 Å². The first-order valence-corrected chi connectivity index (χ1v) is 6.07. The van der Waals surface area contributed by atoms with Gasteiger partial charge in [-0.25, -0.2) is 0 Å². The largest absolute Gasteiger partial charge is 0.114 e. The smallest absolute Gasteiger partial charge is 0 e. The van der Waals surface area contributed by atoms with Gasteiger partial charge in [0.15, 0.2) is 0 Å².